The van der Waals surface area contributed by atoms with Gasteiger partial charge in [-0.2, -0.15) is 24.9 Å². The summed E-state index contributed by atoms with van der Waals surface area (Å²) in [5.74, 6) is -0.603. The number of ether oxygens (including phenoxy) is 1. The molecular formula is C10H17F3N2O4S. The van der Waals surface area contributed by atoms with Crippen LogP contribution in [0.3, 0.4) is 0 Å². The SMILES string of the molecule is CSCC[C@H](NC(=O)NCCOCC(F)(F)F)C(=O)O. The van der Waals surface area contributed by atoms with E-state index in [9.17, 15) is 22.8 Å². The predicted octanol–water partition coefficient (Wildman–Crippen LogP) is 1.07. The molecule has 118 valence electrons. The Morgan fingerprint density at radius 1 is 1.40 bits per heavy atom. The number of hydrogen-bond donors (Lipinski definition) is 3. The summed E-state index contributed by atoms with van der Waals surface area (Å²) < 4.78 is 39.5. The highest BCUT2D eigenvalue weighted by Gasteiger charge is 2.27. The van der Waals surface area contributed by atoms with E-state index in [-0.39, 0.29) is 19.6 Å². The Bertz CT molecular complexity index is 315. The normalized spacial score (nSPS) is 12.8. The summed E-state index contributed by atoms with van der Waals surface area (Å²) in [6, 6.07) is -1.78. The lowest BCUT2D eigenvalue weighted by molar-refractivity contribution is -0.173. The molecule has 0 saturated carbocycles. The lowest BCUT2D eigenvalue weighted by atomic mass is 10.2. The van der Waals surface area contributed by atoms with Gasteiger partial charge in [0, 0.05) is 6.54 Å². The van der Waals surface area contributed by atoms with Crippen LogP contribution in [0.5, 0.6) is 0 Å². The number of halogens is 3. The van der Waals surface area contributed by atoms with Crippen LogP contribution in [0.15, 0.2) is 0 Å². The number of rotatable bonds is 9. The number of thioether (sulfide) groups is 1. The number of carbonyl (C=O) groups is 2. The van der Waals surface area contributed by atoms with Crippen molar-refractivity contribution in [3.05, 3.63) is 0 Å². The van der Waals surface area contributed by atoms with E-state index in [2.05, 4.69) is 15.4 Å². The van der Waals surface area contributed by atoms with Gasteiger partial charge in [0.05, 0.1) is 6.61 Å². The third-order valence-corrected chi connectivity index (χ3v) is 2.66. The summed E-state index contributed by atoms with van der Waals surface area (Å²) in [6.45, 7) is -1.84. The van der Waals surface area contributed by atoms with E-state index in [1.54, 1.807) is 6.26 Å². The van der Waals surface area contributed by atoms with E-state index in [4.69, 9.17) is 5.11 Å². The van der Waals surface area contributed by atoms with Crippen molar-refractivity contribution >= 4 is 23.8 Å². The summed E-state index contributed by atoms with van der Waals surface area (Å²) in [5, 5.41) is 13.3. The van der Waals surface area contributed by atoms with E-state index in [0.717, 1.165) is 0 Å². The van der Waals surface area contributed by atoms with Crippen LogP contribution >= 0.6 is 11.8 Å². The van der Waals surface area contributed by atoms with Crippen molar-refractivity contribution < 1.29 is 32.6 Å². The maximum Gasteiger partial charge on any atom is 0.411 e. The zero-order valence-electron chi connectivity index (χ0n) is 10.8. The minimum atomic E-state index is -4.41. The van der Waals surface area contributed by atoms with E-state index >= 15 is 0 Å². The lowest BCUT2D eigenvalue weighted by Crippen LogP contribution is -2.47. The number of amides is 2. The fourth-order valence-corrected chi connectivity index (χ4v) is 1.60. The van der Waals surface area contributed by atoms with Crippen molar-refractivity contribution in [1.29, 1.82) is 0 Å². The molecule has 6 nitrogen and oxygen atoms in total. The molecule has 0 heterocycles. The minimum Gasteiger partial charge on any atom is -0.480 e. The highest BCUT2D eigenvalue weighted by Crippen LogP contribution is 2.13. The molecule has 0 radical (unpaired) electrons. The molecule has 2 amide bonds. The zero-order valence-corrected chi connectivity index (χ0v) is 11.6. The molecule has 20 heavy (non-hydrogen) atoms. The number of alkyl halides is 3. The quantitative estimate of drug-likeness (QED) is 0.554. The molecule has 3 N–H and O–H groups in total. The van der Waals surface area contributed by atoms with Crippen LogP contribution in [0.2, 0.25) is 0 Å². The monoisotopic (exact) mass is 318 g/mol. The van der Waals surface area contributed by atoms with Gasteiger partial charge in [0.25, 0.3) is 0 Å². The smallest absolute Gasteiger partial charge is 0.411 e. The van der Waals surface area contributed by atoms with Crippen molar-refractivity contribution in [2.75, 3.05) is 31.8 Å². The topological polar surface area (TPSA) is 87.7 Å². The van der Waals surface area contributed by atoms with E-state index in [1.807, 2.05) is 0 Å². The van der Waals surface area contributed by atoms with Crippen molar-refractivity contribution in [3.63, 3.8) is 0 Å². The first-order valence-electron chi connectivity index (χ1n) is 5.67. The summed E-state index contributed by atoms with van der Waals surface area (Å²) in [7, 11) is 0. The van der Waals surface area contributed by atoms with Gasteiger partial charge < -0.3 is 20.5 Å². The molecule has 0 rings (SSSR count). The van der Waals surface area contributed by atoms with E-state index in [0.29, 0.717) is 5.75 Å². The number of carboxylic acid groups (broad SMARTS) is 1. The maximum atomic E-state index is 11.7. The average Bonchev–Trinajstić information content (AvgIpc) is 2.32. The maximum absolute atomic E-state index is 11.7. The van der Waals surface area contributed by atoms with Gasteiger partial charge in [0.15, 0.2) is 0 Å². The molecule has 0 aliphatic heterocycles. The van der Waals surface area contributed by atoms with Gasteiger partial charge in [-0.25, -0.2) is 9.59 Å². The molecule has 10 heteroatoms. The Labute approximate surface area is 118 Å². The molecule has 0 fully saturated rings. The number of aliphatic carboxylic acids is 1. The third-order valence-electron chi connectivity index (χ3n) is 2.01. The Balaban J connectivity index is 3.82. The Morgan fingerprint density at radius 2 is 2.05 bits per heavy atom. The number of carboxylic acids is 1. The van der Waals surface area contributed by atoms with Gasteiger partial charge in [-0.3, -0.25) is 0 Å². The second kappa shape index (κ2) is 9.70. The van der Waals surface area contributed by atoms with Crippen LogP contribution in [0.25, 0.3) is 0 Å². The Kier molecular flexibility index (Phi) is 9.14. The predicted molar refractivity (Wildman–Crippen MR) is 67.8 cm³/mol. The van der Waals surface area contributed by atoms with Crippen LogP contribution in [0, 0.1) is 0 Å². The largest absolute Gasteiger partial charge is 0.480 e. The van der Waals surface area contributed by atoms with Crippen molar-refractivity contribution in [1.82, 2.24) is 10.6 Å². The van der Waals surface area contributed by atoms with Gasteiger partial charge in [-0.05, 0) is 18.4 Å². The van der Waals surface area contributed by atoms with Crippen molar-refractivity contribution in [3.8, 4) is 0 Å². The number of carbonyl (C=O) groups excluding carboxylic acids is 1. The molecule has 0 aromatic rings. The summed E-state index contributed by atoms with van der Waals surface area (Å²) in [5.41, 5.74) is 0. The van der Waals surface area contributed by atoms with Gasteiger partial charge in [0.2, 0.25) is 0 Å². The molecule has 0 aromatic carbocycles. The molecule has 0 unspecified atom stereocenters. The summed E-state index contributed by atoms with van der Waals surface area (Å²) >= 11 is 1.44. The van der Waals surface area contributed by atoms with Gasteiger partial charge in [-0.1, -0.05) is 0 Å². The first kappa shape index (κ1) is 18.8. The van der Waals surface area contributed by atoms with Crippen LogP contribution in [0.4, 0.5) is 18.0 Å². The molecule has 0 aromatic heterocycles. The number of nitrogens with one attached hydrogen (secondary N) is 2. The van der Waals surface area contributed by atoms with Crippen molar-refractivity contribution in [2.45, 2.75) is 18.6 Å². The first-order valence-corrected chi connectivity index (χ1v) is 7.06. The van der Waals surface area contributed by atoms with Crippen LogP contribution in [-0.4, -0.2) is 61.1 Å². The first-order chi connectivity index (χ1) is 9.26. The highest BCUT2D eigenvalue weighted by molar-refractivity contribution is 7.98. The second-order valence-corrected chi connectivity index (χ2v) is 4.73. The summed E-state index contributed by atoms with van der Waals surface area (Å²) in [6.07, 6.45) is -2.35. The van der Waals surface area contributed by atoms with Gasteiger partial charge in [-0.15, -0.1) is 0 Å². The Morgan fingerprint density at radius 3 is 2.55 bits per heavy atom. The van der Waals surface area contributed by atoms with Crippen LogP contribution in [-0.2, 0) is 9.53 Å². The lowest BCUT2D eigenvalue weighted by Gasteiger charge is -2.14. The molecule has 0 bridgehead atoms. The number of urea groups is 1. The third kappa shape index (κ3) is 10.7. The molecular weight excluding hydrogens is 301 g/mol. The van der Waals surface area contributed by atoms with E-state index < -0.39 is 30.8 Å². The molecule has 0 saturated heterocycles. The fraction of sp³-hybridized carbons (Fsp3) is 0.800. The average molecular weight is 318 g/mol. The summed E-state index contributed by atoms with van der Waals surface area (Å²) in [4.78, 5) is 22.1. The van der Waals surface area contributed by atoms with Gasteiger partial charge in [0.1, 0.15) is 12.6 Å². The van der Waals surface area contributed by atoms with Crippen LogP contribution in [0.1, 0.15) is 6.42 Å². The number of hydrogen-bond acceptors (Lipinski definition) is 4. The zero-order chi connectivity index (χ0) is 15.6. The molecule has 0 spiro atoms. The van der Waals surface area contributed by atoms with Crippen LogP contribution < -0.4 is 10.6 Å². The molecule has 0 aliphatic rings. The van der Waals surface area contributed by atoms with Gasteiger partial charge >= 0.3 is 18.2 Å². The van der Waals surface area contributed by atoms with E-state index in [1.165, 1.54) is 11.8 Å². The molecule has 1 atom stereocenters. The minimum absolute atomic E-state index is 0.142. The standard InChI is InChI=1S/C10H17F3N2O4S/c1-20-5-2-7(8(16)17)15-9(18)14-3-4-19-6-10(11,12)13/h7H,2-6H2,1H3,(H,16,17)(H2,14,15,18)/t7-/m0/s1. The Hall–Kier alpha value is -1.16. The fourth-order valence-electron chi connectivity index (χ4n) is 1.13. The highest BCUT2D eigenvalue weighted by atomic mass is 32.2. The molecule has 0 aliphatic carbocycles. The van der Waals surface area contributed by atoms with Crippen molar-refractivity contribution in [2.24, 2.45) is 0 Å². The second-order valence-electron chi connectivity index (χ2n) is 3.74.